The van der Waals surface area contributed by atoms with Gasteiger partial charge in [0.1, 0.15) is 0 Å². The van der Waals surface area contributed by atoms with Crippen molar-refractivity contribution in [3.8, 4) is 0 Å². The Balaban J connectivity index is 1.65. The van der Waals surface area contributed by atoms with Crippen molar-refractivity contribution in [1.82, 2.24) is 14.6 Å². The lowest BCUT2D eigenvalue weighted by Crippen LogP contribution is -2.26. The lowest BCUT2D eigenvalue weighted by Gasteiger charge is -2.12. The molecule has 3 rings (SSSR count). The Morgan fingerprint density at radius 2 is 1.92 bits per heavy atom. The van der Waals surface area contributed by atoms with Crippen LogP contribution in [0.4, 0.5) is 0 Å². The lowest BCUT2D eigenvalue weighted by molar-refractivity contribution is 0.0954. The Kier molecular flexibility index (Phi) is 5.36. The van der Waals surface area contributed by atoms with Gasteiger partial charge in [-0.3, -0.25) is 4.79 Å². The fraction of sp³-hybridized carbons (Fsp3) is 0.222. The minimum Gasteiger partial charge on any atom is -0.352 e. The van der Waals surface area contributed by atoms with Crippen molar-refractivity contribution in [1.29, 1.82) is 0 Å². The standard InChI is InChI=1S/C18H19N3O3S2/c1-21(2)26(23,24)14-7-5-6-13(12-14)18(22)19-11-10-17-20-15-8-3-4-9-16(15)25-17/h3-9,12H,10-11H2,1-2H3,(H,19,22). The minimum atomic E-state index is -3.57. The molecule has 0 bridgehead atoms. The number of para-hydroxylation sites is 1. The number of aromatic nitrogens is 1. The number of nitrogens with zero attached hydrogens (tertiary/aromatic N) is 2. The molecule has 0 radical (unpaired) electrons. The van der Waals surface area contributed by atoms with E-state index < -0.39 is 10.0 Å². The molecule has 0 aliphatic carbocycles. The summed E-state index contributed by atoms with van der Waals surface area (Å²) in [6.45, 7) is 0.434. The fourth-order valence-electron chi connectivity index (χ4n) is 2.42. The summed E-state index contributed by atoms with van der Waals surface area (Å²) in [5.74, 6) is -0.304. The van der Waals surface area contributed by atoms with Crippen molar-refractivity contribution in [2.45, 2.75) is 11.3 Å². The van der Waals surface area contributed by atoms with Crippen LogP contribution in [-0.4, -0.2) is 44.3 Å². The molecule has 2 aromatic carbocycles. The van der Waals surface area contributed by atoms with Crippen LogP contribution in [-0.2, 0) is 16.4 Å². The average molecular weight is 390 g/mol. The Hall–Kier alpha value is -2.29. The molecule has 0 atom stereocenters. The number of amides is 1. The SMILES string of the molecule is CN(C)S(=O)(=O)c1cccc(C(=O)NCCc2nc3ccccc3s2)c1. The topological polar surface area (TPSA) is 79.4 Å². The van der Waals surface area contributed by atoms with Gasteiger partial charge in [-0.15, -0.1) is 11.3 Å². The normalized spacial score (nSPS) is 11.8. The van der Waals surface area contributed by atoms with Gasteiger partial charge in [-0.1, -0.05) is 18.2 Å². The number of nitrogens with one attached hydrogen (secondary N) is 1. The van der Waals surface area contributed by atoms with Gasteiger partial charge in [0.25, 0.3) is 5.91 Å². The first-order valence-electron chi connectivity index (χ1n) is 8.03. The Labute approximate surface area is 156 Å². The maximum absolute atomic E-state index is 12.3. The smallest absolute Gasteiger partial charge is 0.251 e. The molecule has 26 heavy (non-hydrogen) atoms. The molecule has 0 saturated carbocycles. The monoisotopic (exact) mass is 389 g/mol. The van der Waals surface area contributed by atoms with Crippen LogP contribution in [0.1, 0.15) is 15.4 Å². The summed E-state index contributed by atoms with van der Waals surface area (Å²) in [4.78, 5) is 16.9. The van der Waals surface area contributed by atoms with E-state index in [1.54, 1.807) is 23.5 Å². The molecule has 1 amide bonds. The predicted molar refractivity (Wildman–Crippen MR) is 103 cm³/mol. The first-order chi connectivity index (χ1) is 12.4. The quantitative estimate of drug-likeness (QED) is 0.703. The Bertz CT molecular complexity index is 1010. The highest BCUT2D eigenvalue weighted by atomic mass is 32.2. The summed E-state index contributed by atoms with van der Waals surface area (Å²) in [6.07, 6.45) is 0.626. The van der Waals surface area contributed by atoms with Crippen molar-refractivity contribution in [3.05, 3.63) is 59.1 Å². The number of rotatable bonds is 6. The number of carbonyl (C=O) groups excluding carboxylic acids is 1. The van der Waals surface area contributed by atoms with Gasteiger partial charge >= 0.3 is 0 Å². The summed E-state index contributed by atoms with van der Waals surface area (Å²) in [6, 6.07) is 13.9. The van der Waals surface area contributed by atoms with E-state index in [0.29, 0.717) is 18.5 Å². The first kappa shape index (κ1) is 18.5. The van der Waals surface area contributed by atoms with Gasteiger partial charge in [0.05, 0.1) is 20.1 Å². The highest BCUT2D eigenvalue weighted by molar-refractivity contribution is 7.89. The molecule has 1 aromatic heterocycles. The van der Waals surface area contributed by atoms with Gasteiger partial charge in [-0.05, 0) is 30.3 Å². The van der Waals surface area contributed by atoms with E-state index in [4.69, 9.17) is 0 Å². The third kappa shape index (κ3) is 3.92. The molecule has 0 unspecified atom stereocenters. The van der Waals surface area contributed by atoms with E-state index in [9.17, 15) is 13.2 Å². The van der Waals surface area contributed by atoms with Gasteiger partial charge in [-0.25, -0.2) is 17.7 Å². The van der Waals surface area contributed by atoms with Crippen molar-refractivity contribution >= 4 is 37.5 Å². The average Bonchev–Trinajstić information content (AvgIpc) is 3.04. The maximum atomic E-state index is 12.3. The summed E-state index contributed by atoms with van der Waals surface area (Å²) < 4.78 is 26.6. The van der Waals surface area contributed by atoms with Crippen molar-refractivity contribution in [3.63, 3.8) is 0 Å². The van der Waals surface area contributed by atoms with Crippen LogP contribution < -0.4 is 5.32 Å². The molecule has 0 saturated heterocycles. The van der Waals surface area contributed by atoms with Crippen molar-refractivity contribution in [2.24, 2.45) is 0 Å². The zero-order valence-corrected chi connectivity index (χ0v) is 16.1. The van der Waals surface area contributed by atoms with E-state index in [2.05, 4.69) is 10.3 Å². The number of sulfonamides is 1. The van der Waals surface area contributed by atoms with Gasteiger partial charge < -0.3 is 5.32 Å². The second kappa shape index (κ2) is 7.53. The number of hydrogen-bond donors (Lipinski definition) is 1. The van der Waals surface area contributed by atoms with Crippen LogP contribution in [0.2, 0.25) is 0 Å². The number of benzene rings is 2. The molecular weight excluding hydrogens is 370 g/mol. The van der Waals surface area contributed by atoms with E-state index in [1.807, 2.05) is 24.3 Å². The molecular formula is C18H19N3O3S2. The molecule has 3 aromatic rings. The summed E-state index contributed by atoms with van der Waals surface area (Å²) in [5, 5.41) is 3.77. The molecule has 0 spiro atoms. The summed E-state index contributed by atoms with van der Waals surface area (Å²) in [5.41, 5.74) is 1.28. The molecule has 0 aliphatic heterocycles. The van der Waals surface area contributed by atoms with E-state index in [-0.39, 0.29) is 10.8 Å². The summed E-state index contributed by atoms with van der Waals surface area (Å²) >= 11 is 1.61. The molecule has 0 fully saturated rings. The van der Waals surface area contributed by atoms with Gasteiger partial charge in [0.2, 0.25) is 10.0 Å². The zero-order chi connectivity index (χ0) is 18.7. The minimum absolute atomic E-state index is 0.0984. The number of hydrogen-bond acceptors (Lipinski definition) is 5. The van der Waals surface area contributed by atoms with E-state index in [1.165, 1.54) is 26.2 Å². The van der Waals surface area contributed by atoms with Crippen molar-refractivity contribution < 1.29 is 13.2 Å². The molecule has 1 heterocycles. The predicted octanol–water partition coefficient (Wildman–Crippen LogP) is 2.52. The lowest BCUT2D eigenvalue weighted by atomic mass is 10.2. The Morgan fingerprint density at radius 1 is 1.15 bits per heavy atom. The molecule has 1 N–H and O–H groups in total. The largest absolute Gasteiger partial charge is 0.352 e. The van der Waals surface area contributed by atoms with Crippen LogP contribution in [0.25, 0.3) is 10.2 Å². The first-order valence-corrected chi connectivity index (χ1v) is 10.3. The Morgan fingerprint density at radius 3 is 2.65 bits per heavy atom. The second-order valence-electron chi connectivity index (χ2n) is 5.90. The van der Waals surface area contributed by atoms with Gasteiger partial charge in [0, 0.05) is 32.6 Å². The van der Waals surface area contributed by atoms with Crippen LogP contribution in [0, 0.1) is 0 Å². The van der Waals surface area contributed by atoms with Crippen molar-refractivity contribution in [2.75, 3.05) is 20.6 Å². The van der Waals surface area contributed by atoms with E-state index >= 15 is 0 Å². The van der Waals surface area contributed by atoms with Gasteiger partial charge in [-0.2, -0.15) is 0 Å². The zero-order valence-electron chi connectivity index (χ0n) is 14.5. The third-order valence-corrected chi connectivity index (χ3v) is 6.74. The second-order valence-corrected chi connectivity index (χ2v) is 9.16. The van der Waals surface area contributed by atoms with Gasteiger partial charge in [0.15, 0.2) is 0 Å². The molecule has 6 nitrogen and oxygen atoms in total. The molecule has 0 aliphatic rings. The van der Waals surface area contributed by atoms with Crippen LogP contribution >= 0.6 is 11.3 Å². The molecule has 136 valence electrons. The van der Waals surface area contributed by atoms with Crippen LogP contribution in [0.3, 0.4) is 0 Å². The van der Waals surface area contributed by atoms with Crippen LogP contribution in [0.15, 0.2) is 53.4 Å². The number of fused-ring (bicyclic) bond motifs is 1. The summed E-state index contributed by atoms with van der Waals surface area (Å²) in [7, 11) is -0.649. The molecule has 8 heteroatoms. The van der Waals surface area contributed by atoms with Crippen LogP contribution in [0.5, 0.6) is 0 Å². The maximum Gasteiger partial charge on any atom is 0.251 e. The highest BCUT2D eigenvalue weighted by Gasteiger charge is 2.18. The third-order valence-electron chi connectivity index (χ3n) is 3.84. The number of carbonyl (C=O) groups is 1. The number of thiazole rings is 1. The highest BCUT2D eigenvalue weighted by Crippen LogP contribution is 2.21. The fourth-order valence-corrected chi connectivity index (χ4v) is 4.34. The van der Waals surface area contributed by atoms with E-state index in [0.717, 1.165) is 19.5 Å².